The molecule has 0 amide bonds. The minimum Gasteiger partial charge on any atom is -0.340 e. The first-order chi connectivity index (χ1) is 9.63. The molecule has 0 aliphatic carbocycles. The number of aromatic nitrogens is 1. The lowest BCUT2D eigenvalue weighted by molar-refractivity contribution is 1.31. The van der Waals surface area contributed by atoms with Crippen molar-refractivity contribution in [3.05, 3.63) is 65.2 Å². The molecule has 1 aromatic heterocycles. The molecular formula is C18H19ClN2. The number of benzene rings is 2. The van der Waals surface area contributed by atoms with Gasteiger partial charge in [0.25, 0.3) is 0 Å². The van der Waals surface area contributed by atoms with E-state index in [1.807, 2.05) is 30.3 Å². The molecule has 0 fully saturated rings. The Morgan fingerprint density at radius 3 is 2.24 bits per heavy atom. The van der Waals surface area contributed by atoms with Crippen LogP contribution in [0.2, 0.25) is 0 Å². The van der Waals surface area contributed by atoms with Crippen molar-refractivity contribution in [3.8, 4) is 0 Å². The molecule has 21 heavy (non-hydrogen) atoms. The number of aryl methyl sites for hydroxylation is 3. The fraction of sp³-hybridized carbons (Fsp3) is 0.167. The molecule has 0 unspecified atom stereocenters. The molecule has 108 valence electrons. The number of rotatable bonds is 2. The van der Waals surface area contributed by atoms with E-state index in [0.29, 0.717) is 0 Å². The van der Waals surface area contributed by atoms with Crippen molar-refractivity contribution in [2.45, 2.75) is 20.8 Å². The third-order valence-corrected chi connectivity index (χ3v) is 3.49. The second-order valence-corrected chi connectivity index (χ2v) is 5.29. The van der Waals surface area contributed by atoms with E-state index in [4.69, 9.17) is 4.98 Å². The summed E-state index contributed by atoms with van der Waals surface area (Å²) in [6.45, 7) is 6.40. The lowest BCUT2D eigenvalue weighted by Gasteiger charge is -2.11. The van der Waals surface area contributed by atoms with Gasteiger partial charge in [-0.05, 0) is 61.7 Å². The number of fused-ring (bicyclic) bond motifs is 1. The van der Waals surface area contributed by atoms with Gasteiger partial charge in [0.2, 0.25) is 0 Å². The van der Waals surface area contributed by atoms with Gasteiger partial charge in [0, 0.05) is 11.1 Å². The van der Waals surface area contributed by atoms with Crippen molar-refractivity contribution < 1.29 is 0 Å². The Bertz CT molecular complexity index is 767. The van der Waals surface area contributed by atoms with E-state index in [0.717, 1.165) is 17.0 Å². The maximum atomic E-state index is 4.74. The minimum absolute atomic E-state index is 0. The third-order valence-electron chi connectivity index (χ3n) is 3.49. The standard InChI is InChI=1S/C18H18N2.ClH/c1-12-9-13(2)18-14(3)11-17(20-16(18)10-12)19-15-7-5-4-6-8-15;/h4-11H,1-3H3,(H,19,20);1H. The summed E-state index contributed by atoms with van der Waals surface area (Å²) in [7, 11) is 0. The first-order valence-corrected chi connectivity index (χ1v) is 6.84. The van der Waals surface area contributed by atoms with E-state index < -0.39 is 0 Å². The second-order valence-electron chi connectivity index (χ2n) is 5.29. The van der Waals surface area contributed by atoms with Gasteiger partial charge in [-0.15, -0.1) is 12.4 Å². The van der Waals surface area contributed by atoms with E-state index in [1.165, 1.54) is 22.1 Å². The summed E-state index contributed by atoms with van der Waals surface area (Å²) in [5.74, 6) is 0.895. The fourth-order valence-corrected chi connectivity index (χ4v) is 2.72. The molecule has 0 aliphatic rings. The zero-order valence-corrected chi connectivity index (χ0v) is 13.3. The monoisotopic (exact) mass is 298 g/mol. The molecule has 3 aromatic rings. The summed E-state index contributed by atoms with van der Waals surface area (Å²) in [4.78, 5) is 4.74. The number of anilines is 2. The summed E-state index contributed by atoms with van der Waals surface area (Å²) in [6.07, 6.45) is 0. The Labute approximate surface area is 131 Å². The van der Waals surface area contributed by atoms with Crippen molar-refractivity contribution in [2.24, 2.45) is 0 Å². The van der Waals surface area contributed by atoms with E-state index in [1.54, 1.807) is 0 Å². The molecule has 0 saturated heterocycles. The molecule has 3 rings (SSSR count). The van der Waals surface area contributed by atoms with Gasteiger partial charge in [0.1, 0.15) is 5.82 Å². The van der Waals surface area contributed by atoms with Crippen molar-refractivity contribution in [2.75, 3.05) is 5.32 Å². The van der Waals surface area contributed by atoms with Gasteiger partial charge in [-0.3, -0.25) is 0 Å². The average Bonchev–Trinajstić information content (AvgIpc) is 2.38. The van der Waals surface area contributed by atoms with Gasteiger partial charge in [0.05, 0.1) is 5.52 Å². The minimum atomic E-state index is 0. The highest BCUT2D eigenvalue weighted by Gasteiger charge is 2.06. The highest BCUT2D eigenvalue weighted by atomic mass is 35.5. The maximum absolute atomic E-state index is 4.74. The smallest absolute Gasteiger partial charge is 0.131 e. The molecule has 3 heteroatoms. The number of halogens is 1. The molecule has 0 spiro atoms. The Hall–Kier alpha value is -2.06. The molecule has 0 radical (unpaired) electrons. The molecular weight excluding hydrogens is 280 g/mol. The number of pyridine rings is 1. The first kappa shape index (κ1) is 15.3. The Morgan fingerprint density at radius 2 is 1.52 bits per heavy atom. The number of hydrogen-bond donors (Lipinski definition) is 1. The zero-order valence-electron chi connectivity index (χ0n) is 12.5. The van der Waals surface area contributed by atoms with Gasteiger partial charge in [-0.1, -0.05) is 24.3 Å². The Balaban J connectivity index is 0.00000161. The van der Waals surface area contributed by atoms with Crippen molar-refractivity contribution >= 4 is 34.8 Å². The number of hydrogen-bond acceptors (Lipinski definition) is 2. The molecule has 0 aliphatic heterocycles. The van der Waals surface area contributed by atoms with Crippen LogP contribution in [-0.2, 0) is 0 Å². The van der Waals surface area contributed by atoms with Crippen LogP contribution in [0.25, 0.3) is 10.9 Å². The molecule has 2 aromatic carbocycles. The largest absolute Gasteiger partial charge is 0.340 e. The van der Waals surface area contributed by atoms with Crippen LogP contribution in [0.15, 0.2) is 48.5 Å². The van der Waals surface area contributed by atoms with Crippen LogP contribution in [0.1, 0.15) is 16.7 Å². The zero-order chi connectivity index (χ0) is 14.1. The second kappa shape index (κ2) is 6.15. The quantitative estimate of drug-likeness (QED) is 0.692. The predicted molar refractivity (Wildman–Crippen MR) is 92.9 cm³/mol. The van der Waals surface area contributed by atoms with Crippen molar-refractivity contribution in [3.63, 3.8) is 0 Å². The summed E-state index contributed by atoms with van der Waals surface area (Å²) < 4.78 is 0. The average molecular weight is 299 g/mol. The molecule has 1 heterocycles. The van der Waals surface area contributed by atoms with E-state index >= 15 is 0 Å². The molecule has 0 saturated carbocycles. The van der Waals surface area contributed by atoms with E-state index in [9.17, 15) is 0 Å². The summed E-state index contributed by atoms with van der Waals surface area (Å²) >= 11 is 0. The number of para-hydroxylation sites is 1. The Kier molecular flexibility index (Phi) is 4.49. The molecule has 1 N–H and O–H groups in total. The van der Waals surface area contributed by atoms with Gasteiger partial charge >= 0.3 is 0 Å². The summed E-state index contributed by atoms with van der Waals surface area (Å²) in [5, 5.41) is 4.62. The predicted octanol–water partition coefficient (Wildman–Crippen LogP) is 5.33. The third kappa shape index (κ3) is 3.17. The van der Waals surface area contributed by atoms with Crippen molar-refractivity contribution in [1.29, 1.82) is 0 Å². The van der Waals surface area contributed by atoms with Gasteiger partial charge in [-0.25, -0.2) is 4.98 Å². The van der Waals surface area contributed by atoms with Crippen LogP contribution in [0.3, 0.4) is 0 Å². The summed E-state index contributed by atoms with van der Waals surface area (Å²) in [5.41, 5.74) is 5.91. The van der Waals surface area contributed by atoms with Crippen LogP contribution >= 0.6 is 12.4 Å². The van der Waals surface area contributed by atoms with Crippen LogP contribution in [-0.4, -0.2) is 4.98 Å². The fourth-order valence-electron chi connectivity index (χ4n) is 2.72. The molecule has 0 bridgehead atoms. The Morgan fingerprint density at radius 1 is 0.857 bits per heavy atom. The normalized spacial score (nSPS) is 10.2. The van der Waals surface area contributed by atoms with Gasteiger partial charge < -0.3 is 5.32 Å². The first-order valence-electron chi connectivity index (χ1n) is 6.84. The van der Waals surface area contributed by atoms with E-state index in [-0.39, 0.29) is 12.4 Å². The van der Waals surface area contributed by atoms with Crippen LogP contribution < -0.4 is 5.32 Å². The summed E-state index contributed by atoms with van der Waals surface area (Å²) in [6, 6.07) is 16.6. The van der Waals surface area contributed by atoms with Crippen LogP contribution in [0, 0.1) is 20.8 Å². The van der Waals surface area contributed by atoms with E-state index in [2.05, 4.69) is 44.3 Å². The number of nitrogens with one attached hydrogen (secondary N) is 1. The molecule has 2 nitrogen and oxygen atoms in total. The van der Waals surface area contributed by atoms with Gasteiger partial charge in [-0.2, -0.15) is 0 Å². The van der Waals surface area contributed by atoms with Crippen LogP contribution in [0.5, 0.6) is 0 Å². The van der Waals surface area contributed by atoms with Crippen molar-refractivity contribution in [1.82, 2.24) is 4.98 Å². The lowest BCUT2D eigenvalue weighted by Crippen LogP contribution is -1.96. The SMILES string of the molecule is Cc1cc(C)c2c(C)cc(Nc3ccccc3)nc2c1.Cl. The molecule has 0 atom stereocenters. The van der Waals surface area contributed by atoms with Gasteiger partial charge in [0.15, 0.2) is 0 Å². The van der Waals surface area contributed by atoms with Crippen LogP contribution in [0.4, 0.5) is 11.5 Å². The highest BCUT2D eigenvalue weighted by molar-refractivity contribution is 5.88. The lowest BCUT2D eigenvalue weighted by atomic mass is 10.0. The maximum Gasteiger partial charge on any atom is 0.131 e. The number of nitrogens with zero attached hydrogens (tertiary/aromatic N) is 1. The highest BCUT2D eigenvalue weighted by Crippen LogP contribution is 2.26. The topological polar surface area (TPSA) is 24.9 Å².